The van der Waals surface area contributed by atoms with Gasteiger partial charge in [-0.2, -0.15) is 9.40 Å². The van der Waals surface area contributed by atoms with E-state index in [1.54, 1.807) is 14.1 Å². The molecule has 0 aliphatic carbocycles. The zero-order chi connectivity index (χ0) is 14.0. The monoisotopic (exact) mass is 287 g/mol. The largest absolute Gasteiger partial charge is 0.381 e. The molecule has 0 unspecified atom stereocenters. The van der Waals surface area contributed by atoms with Gasteiger partial charge in [0.25, 0.3) is 0 Å². The molecule has 1 aliphatic heterocycles. The van der Waals surface area contributed by atoms with Crippen LogP contribution in [0.1, 0.15) is 12.8 Å². The molecule has 2 N–H and O–H groups in total. The zero-order valence-corrected chi connectivity index (χ0v) is 12.2. The number of likely N-dealkylation sites (N-methyl/N-ethyl adjacent to an activating group) is 1. The van der Waals surface area contributed by atoms with Crippen molar-refractivity contribution in [3.63, 3.8) is 0 Å². The van der Waals surface area contributed by atoms with Gasteiger partial charge in [-0.05, 0) is 25.9 Å². The number of likely N-dealkylation sites (tertiary alicyclic amines) is 1. The topological polar surface area (TPSA) is 84.5 Å². The van der Waals surface area contributed by atoms with Gasteiger partial charge in [0.05, 0.1) is 0 Å². The number of aromatic nitrogens is 2. The minimum Gasteiger partial charge on any atom is -0.381 e. The zero-order valence-electron chi connectivity index (χ0n) is 11.4. The van der Waals surface area contributed by atoms with Crippen molar-refractivity contribution in [3.05, 3.63) is 6.20 Å². The average Bonchev–Trinajstić information content (AvgIpc) is 2.95. The lowest BCUT2D eigenvalue weighted by Gasteiger charge is -2.20. The number of sulfonamides is 1. The molecule has 1 fully saturated rings. The number of rotatable bonds is 5. The van der Waals surface area contributed by atoms with Crippen molar-refractivity contribution in [1.29, 1.82) is 0 Å². The molecule has 0 saturated carbocycles. The number of hydrogen-bond acceptors (Lipinski definition) is 5. The quantitative estimate of drug-likeness (QED) is 0.805. The molecule has 0 bridgehead atoms. The maximum Gasteiger partial charge on any atom is 0.248 e. The Morgan fingerprint density at radius 3 is 2.58 bits per heavy atom. The molecule has 7 nitrogen and oxygen atoms in total. The maximum atomic E-state index is 12.3. The van der Waals surface area contributed by atoms with Crippen LogP contribution in [0.4, 0.5) is 5.82 Å². The third-order valence-corrected chi connectivity index (χ3v) is 5.31. The second-order valence-corrected chi connectivity index (χ2v) is 6.94. The van der Waals surface area contributed by atoms with E-state index in [4.69, 9.17) is 5.73 Å². The fraction of sp³-hybridized carbons (Fsp3) is 0.727. The van der Waals surface area contributed by atoms with E-state index in [9.17, 15) is 8.42 Å². The fourth-order valence-electron chi connectivity index (χ4n) is 2.26. The minimum absolute atomic E-state index is 0.0514. The molecule has 0 aromatic carbocycles. The second kappa shape index (κ2) is 5.48. The van der Waals surface area contributed by atoms with E-state index in [-0.39, 0.29) is 10.7 Å². The number of nitrogens with zero attached hydrogens (tertiary/aromatic N) is 4. The Hall–Kier alpha value is -1.12. The van der Waals surface area contributed by atoms with Gasteiger partial charge >= 0.3 is 0 Å². The lowest BCUT2D eigenvalue weighted by atomic mass is 10.4. The highest BCUT2D eigenvalue weighted by Crippen LogP contribution is 2.19. The van der Waals surface area contributed by atoms with Gasteiger partial charge < -0.3 is 10.6 Å². The molecule has 108 valence electrons. The smallest absolute Gasteiger partial charge is 0.248 e. The molecule has 1 aromatic rings. The highest BCUT2D eigenvalue weighted by Gasteiger charge is 2.26. The normalized spacial score (nSPS) is 17.4. The third kappa shape index (κ3) is 3.07. The summed E-state index contributed by atoms with van der Waals surface area (Å²) in [6.45, 7) is 3.35. The van der Waals surface area contributed by atoms with Crippen molar-refractivity contribution in [2.24, 2.45) is 7.05 Å². The lowest BCUT2D eigenvalue weighted by Crippen LogP contribution is -2.35. The average molecular weight is 287 g/mol. The predicted molar refractivity (Wildman–Crippen MR) is 73.1 cm³/mol. The predicted octanol–water partition coefficient (Wildman–Crippen LogP) is -0.281. The summed E-state index contributed by atoms with van der Waals surface area (Å²) in [5.41, 5.74) is 5.64. The van der Waals surface area contributed by atoms with Crippen molar-refractivity contribution >= 4 is 15.8 Å². The van der Waals surface area contributed by atoms with E-state index in [0.717, 1.165) is 19.6 Å². The number of nitrogen functional groups attached to an aromatic ring is 1. The van der Waals surface area contributed by atoms with E-state index in [1.807, 2.05) is 0 Å². The molecule has 0 radical (unpaired) electrons. The molecule has 1 aromatic heterocycles. The van der Waals surface area contributed by atoms with E-state index in [2.05, 4.69) is 10.00 Å². The molecule has 0 atom stereocenters. The molecule has 19 heavy (non-hydrogen) atoms. The molecule has 0 amide bonds. The first kappa shape index (κ1) is 14.3. The highest BCUT2D eigenvalue weighted by molar-refractivity contribution is 7.89. The number of aryl methyl sites for hydroxylation is 1. The first-order valence-electron chi connectivity index (χ1n) is 6.39. The molecule has 8 heteroatoms. The summed E-state index contributed by atoms with van der Waals surface area (Å²) in [6.07, 6.45) is 3.84. The van der Waals surface area contributed by atoms with Gasteiger partial charge in [-0.25, -0.2) is 8.42 Å². The number of nitrogens with two attached hydrogens (primary N) is 1. The Labute approximate surface area is 114 Å². The lowest BCUT2D eigenvalue weighted by molar-refractivity contribution is 0.310. The Morgan fingerprint density at radius 2 is 2.05 bits per heavy atom. The molecule has 1 aliphatic rings. The molecule has 2 heterocycles. The molecular formula is C11H21N5O2S. The van der Waals surface area contributed by atoms with Crippen molar-refractivity contribution in [3.8, 4) is 0 Å². The van der Waals surface area contributed by atoms with Crippen molar-refractivity contribution in [2.45, 2.75) is 17.7 Å². The van der Waals surface area contributed by atoms with Crippen LogP contribution in [0.5, 0.6) is 0 Å². The van der Waals surface area contributed by atoms with Crippen LogP contribution < -0.4 is 5.73 Å². The van der Waals surface area contributed by atoms with Gasteiger partial charge in [0.2, 0.25) is 10.0 Å². The van der Waals surface area contributed by atoms with Crippen molar-refractivity contribution in [1.82, 2.24) is 19.0 Å². The summed E-state index contributed by atoms with van der Waals surface area (Å²) >= 11 is 0. The first-order valence-corrected chi connectivity index (χ1v) is 7.83. The summed E-state index contributed by atoms with van der Waals surface area (Å²) in [4.78, 5) is 2.36. The second-order valence-electron chi connectivity index (χ2n) is 4.93. The fourth-order valence-corrected chi connectivity index (χ4v) is 3.51. The van der Waals surface area contributed by atoms with E-state index >= 15 is 0 Å². The van der Waals surface area contributed by atoms with Gasteiger partial charge in [-0.1, -0.05) is 0 Å². The highest BCUT2D eigenvalue weighted by atomic mass is 32.2. The molecule has 1 saturated heterocycles. The van der Waals surface area contributed by atoms with Crippen LogP contribution in [0.25, 0.3) is 0 Å². The Bertz CT molecular complexity index is 533. The van der Waals surface area contributed by atoms with Gasteiger partial charge in [-0.15, -0.1) is 0 Å². The summed E-state index contributed by atoms with van der Waals surface area (Å²) in [7, 11) is -0.309. The first-order chi connectivity index (χ1) is 8.91. The number of hydrogen-bond donors (Lipinski definition) is 1. The van der Waals surface area contributed by atoms with Crippen LogP contribution in [0, 0.1) is 0 Å². The summed E-state index contributed by atoms with van der Waals surface area (Å²) in [5.74, 6) is 0.0514. The Morgan fingerprint density at radius 1 is 1.42 bits per heavy atom. The molecule has 0 spiro atoms. The summed E-state index contributed by atoms with van der Waals surface area (Å²) in [5, 5.41) is 3.88. The van der Waals surface area contributed by atoms with Crippen LogP contribution in [0.3, 0.4) is 0 Å². The summed E-state index contributed by atoms with van der Waals surface area (Å²) < 4.78 is 27.4. The van der Waals surface area contributed by atoms with Crippen LogP contribution in [-0.2, 0) is 17.1 Å². The van der Waals surface area contributed by atoms with E-state index in [1.165, 1.54) is 28.0 Å². The van der Waals surface area contributed by atoms with Crippen LogP contribution in [0.2, 0.25) is 0 Å². The van der Waals surface area contributed by atoms with Gasteiger partial charge in [0.15, 0.2) is 5.82 Å². The maximum absolute atomic E-state index is 12.3. The van der Waals surface area contributed by atoms with Crippen molar-refractivity contribution in [2.75, 3.05) is 39.0 Å². The minimum atomic E-state index is -3.54. The SMILES string of the molecule is CN(CCN1CCCC1)S(=O)(=O)c1cn(C)nc1N. The summed E-state index contributed by atoms with van der Waals surface area (Å²) in [6, 6.07) is 0. The van der Waals surface area contributed by atoms with Crippen molar-refractivity contribution < 1.29 is 8.42 Å². The third-order valence-electron chi connectivity index (χ3n) is 3.44. The molecular weight excluding hydrogens is 266 g/mol. The van der Waals surface area contributed by atoms with Crippen LogP contribution in [-0.4, -0.2) is 60.6 Å². The number of anilines is 1. The Kier molecular flexibility index (Phi) is 4.12. The van der Waals surface area contributed by atoms with E-state index in [0.29, 0.717) is 6.54 Å². The van der Waals surface area contributed by atoms with Crippen LogP contribution >= 0.6 is 0 Å². The van der Waals surface area contributed by atoms with Gasteiger partial charge in [0, 0.05) is 33.4 Å². The van der Waals surface area contributed by atoms with E-state index < -0.39 is 10.0 Å². The standard InChI is InChI=1S/C11H21N5O2S/c1-14-9-10(11(12)13-14)19(17,18)15(2)7-8-16-5-3-4-6-16/h9H,3-8H2,1-2H3,(H2,12,13). The van der Waals surface area contributed by atoms with Crippen LogP contribution in [0.15, 0.2) is 11.1 Å². The van der Waals surface area contributed by atoms with Gasteiger partial charge in [0.1, 0.15) is 4.90 Å². The van der Waals surface area contributed by atoms with Gasteiger partial charge in [-0.3, -0.25) is 4.68 Å². The molecule has 2 rings (SSSR count). The Balaban J connectivity index is 2.04.